The SMILES string of the molecule is CC(=O)N1CCC[C@H]1c1cncc(CNC(=O)C2CCN(C)CC2)n1. The van der Waals surface area contributed by atoms with Crippen LogP contribution in [0.1, 0.15) is 50.0 Å². The lowest BCUT2D eigenvalue weighted by molar-refractivity contribution is -0.129. The summed E-state index contributed by atoms with van der Waals surface area (Å²) in [6.07, 6.45) is 7.13. The van der Waals surface area contributed by atoms with Crippen molar-refractivity contribution in [3.63, 3.8) is 0 Å². The number of hydrogen-bond donors (Lipinski definition) is 1. The first-order valence-corrected chi connectivity index (χ1v) is 9.09. The maximum absolute atomic E-state index is 12.3. The molecule has 0 unspecified atom stereocenters. The summed E-state index contributed by atoms with van der Waals surface area (Å²) in [6.45, 7) is 4.70. The van der Waals surface area contributed by atoms with Crippen molar-refractivity contribution in [2.45, 2.75) is 45.2 Å². The van der Waals surface area contributed by atoms with E-state index >= 15 is 0 Å². The molecule has 2 aliphatic rings. The Morgan fingerprint density at radius 3 is 2.68 bits per heavy atom. The van der Waals surface area contributed by atoms with Gasteiger partial charge in [-0.15, -0.1) is 0 Å². The molecule has 0 aliphatic carbocycles. The number of amides is 2. The fourth-order valence-corrected chi connectivity index (χ4v) is 3.71. The molecule has 2 aliphatic heterocycles. The van der Waals surface area contributed by atoms with Gasteiger partial charge in [-0.25, -0.2) is 0 Å². The highest BCUT2D eigenvalue weighted by molar-refractivity contribution is 5.78. The van der Waals surface area contributed by atoms with E-state index in [4.69, 9.17) is 0 Å². The third kappa shape index (κ3) is 4.34. The van der Waals surface area contributed by atoms with Gasteiger partial charge in [0.05, 0.1) is 36.4 Å². The second-order valence-corrected chi connectivity index (χ2v) is 7.10. The molecule has 7 heteroatoms. The van der Waals surface area contributed by atoms with Crippen LogP contribution in [0.2, 0.25) is 0 Å². The molecule has 1 aromatic rings. The zero-order chi connectivity index (χ0) is 17.8. The van der Waals surface area contributed by atoms with Crippen LogP contribution in [-0.2, 0) is 16.1 Å². The molecule has 0 saturated carbocycles. The summed E-state index contributed by atoms with van der Waals surface area (Å²) in [5.74, 6) is 0.271. The number of nitrogens with zero attached hydrogens (tertiary/aromatic N) is 4. The predicted octanol–water partition coefficient (Wildman–Crippen LogP) is 1.12. The Bertz CT molecular complexity index is 628. The number of piperidine rings is 1. The Morgan fingerprint density at radius 1 is 1.20 bits per heavy atom. The van der Waals surface area contributed by atoms with Gasteiger partial charge in [-0.2, -0.15) is 0 Å². The quantitative estimate of drug-likeness (QED) is 0.885. The summed E-state index contributed by atoms with van der Waals surface area (Å²) in [7, 11) is 2.09. The molecule has 0 aromatic carbocycles. The molecule has 1 atom stereocenters. The lowest BCUT2D eigenvalue weighted by atomic mass is 9.96. The molecule has 0 bridgehead atoms. The Hall–Kier alpha value is -2.02. The second kappa shape index (κ2) is 7.91. The molecule has 136 valence electrons. The van der Waals surface area contributed by atoms with Crippen molar-refractivity contribution >= 4 is 11.8 Å². The molecule has 2 saturated heterocycles. The standard InChI is InChI=1S/C18H27N5O2/c1-13(24)23-7-3-4-17(23)16-12-19-10-15(21-16)11-20-18(25)14-5-8-22(2)9-6-14/h10,12,14,17H,3-9,11H2,1-2H3,(H,20,25)/t17-/m0/s1. The van der Waals surface area contributed by atoms with Crippen LogP contribution in [0.5, 0.6) is 0 Å². The van der Waals surface area contributed by atoms with E-state index in [0.717, 1.165) is 56.7 Å². The summed E-state index contributed by atoms with van der Waals surface area (Å²) >= 11 is 0. The maximum atomic E-state index is 12.3. The van der Waals surface area contributed by atoms with Gasteiger partial charge >= 0.3 is 0 Å². The van der Waals surface area contributed by atoms with Crippen LogP contribution in [0, 0.1) is 5.92 Å². The van der Waals surface area contributed by atoms with E-state index in [1.54, 1.807) is 19.3 Å². The number of nitrogens with one attached hydrogen (secondary N) is 1. The summed E-state index contributed by atoms with van der Waals surface area (Å²) in [4.78, 5) is 37.1. The normalized spacial score (nSPS) is 22.2. The molecule has 3 heterocycles. The molecule has 1 N–H and O–H groups in total. The second-order valence-electron chi connectivity index (χ2n) is 7.10. The van der Waals surface area contributed by atoms with Gasteiger partial charge in [0.1, 0.15) is 0 Å². The Labute approximate surface area is 148 Å². The van der Waals surface area contributed by atoms with Crippen molar-refractivity contribution in [1.29, 1.82) is 0 Å². The highest BCUT2D eigenvalue weighted by Crippen LogP contribution is 2.30. The van der Waals surface area contributed by atoms with Crippen molar-refractivity contribution in [3.05, 3.63) is 23.8 Å². The van der Waals surface area contributed by atoms with E-state index in [1.165, 1.54) is 0 Å². The molecule has 7 nitrogen and oxygen atoms in total. The van der Waals surface area contributed by atoms with E-state index < -0.39 is 0 Å². The van der Waals surface area contributed by atoms with Gasteiger partial charge in [0, 0.05) is 19.4 Å². The third-order valence-corrected chi connectivity index (χ3v) is 5.23. The lowest BCUT2D eigenvalue weighted by Crippen LogP contribution is -2.38. The largest absolute Gasteiger partial charge is 0.350 e. The van der Waals surface area contributed by atoms with Crippen LogP contribution >= 0.6 is 0 Å². The topological polar surface area (TPSA) is 78.4 Å². The lowest BCUT2D eigenvalue weighted by Gasteiger charge is -2.28. The van der Waals surface area contributed by atoms with E-state index in [9.17, 15) is 9.59 Å². The maximum Gasteiger partial charge on any atom is 0.223 e. The summed E-state index contributed by atoms with van der Waals surface area (Å²) in [6, 6.07) is 0.00883. The van der Waals surface area contributed by atoms with Crippen molar-refractivity contribution in [2.24, 2.45) is 5.92 Å². The molecular formula is C18H27N5O2. The Balaban J connectivity index is 1.58. The average Bonchev–Trinajstić information content (AvgIpc) is 3.11. The average molecular weight is 345 g/mol. The first-order chi connectivity index (χ1) is 12.0. The first kappa shape index (κ1) is 17.8. The fourth-order valence-electron chi connectivity index (χ4n) is 3.71. The fraction of sp³-hybridized carbons (Fsp3) is 0.667. The molecular weight excluding hydrogens is 318 g/mol. The van der Waals surface area contributed by atoms with E-state index in [0.29, 0.717) is 6.54 Å². The summed E-state index contributed by atoms with van der Waals surface area (Å²) in [5.41, 5.74) is 1.56. The van der Waals surface area contributed by atoms with Gasteiger partial charge in [-0.05, 0) is 45.8 Å². The van der Waals surface area contributed by atoms with Gasteiger partial charge in [-0.3, -0.25) is 19.6 Å². The van der Waals surface area contributed by atoms with E-state index in [1.807, 2.05) is 4.90 Å². The number of hydrogen-bond acceptors (Lipinski definition) is 5. The molecule has 25 heavy (non-hydrogen) atoms. The predicted molar refractivity (Wildman–Crippen MR) is 93.5 cm³/mol. The molecule has 2 amide bonds. The van der Waals surface area contributed by atoms with Crippen molar-refractivity contribution in [3.8, 4) is 0 Å². The van der Waals surface area contributed by atoms with Gasteiger partial charge in [0.25, 0.3) is 0 Å². The van der Waals surface area contributed by atoms with Crippen LogP contribution in [0.25, 0.3) is 0 Å². The smallest absolute Gasteiger partial charge is 0.223 e. The van der Waals surface area contributed by atoms with Gasteiger partial charge in [0.2, 0.25) is 11.8 Å². The highest BCUT2D eigenvalue weighted by Gasteiger charge is 2.29. The third-order valence-electron chi connectivity index (χ3n) is 5.23. The number of rotatable bonds is 4. The summed E-state index contributed by atoms with van der Waals surface area (Å²) < 4.78 is 0. The number of carbonyl (C=O) groups excluding carboxylic acids is 2. The van der Waals surface area contributed by atoms with Crippen LogP contribution in [0.15, 0.2) is 12.4 Å². The van der Waals surface area contributed by atoms with Crippen LogP contribution in [0.3, 0.4) is 0 Å². The van der Waals surface area contributed by atoms with Gasteiger partial charge in [-0.1, -0.05) is 0 Å². The van der Waals surface area contributed by atoms with Gasteiger partial charge < -0.3 is 15.1 Å². The van der Waals surface area contributed by atoms with Crippen LogP contribution < -0.4 is 5.32 Å². The number of likely N-dealkylation sites (tertiary alicyclic amines) is 2. The minimum absolute atomic E-state index is 0.00883. The van der Waals surface area contributed by atoms with Crippen molar-refractivity contribution in [2.75, 3.05) is 26.7 Å². The van der Waals surface area contributed by atoms with Crippen LogP contribution in [0.4, 0.5) is 0 Å². The molecule has 3 rings (SSSR count). The zero-order valence-electron chi connectivity index (χ0n) is 15.1. The zero-order valence-corrected chi connectivity index (χ0v) is 15.1. The molecule has 1 aromatic heterocycles. The first-order valence-electron chi connectivity index (χ1n) is 9.09. The molecule has 0 spiro atoms. The Kier molecular flexibility index (Phi) is 5.63. The minimum atomic E-state index is 0.00883. The van der Waals surface area contributed by atoms with Crippen molar-refractivity contribution < 1.29 is 9.59 Å². The number of carbonyl (C=O) groups is 2. The molecule has 0 radical (unpaired) electrons. The number of aromatic nitrogens is 2. The minimum Gasteiger partial charge on any atom is -0.350 e. The van der Waals surface area contributed by atoms with E-state index in [2.05, 4.69) is 27.2 Å². The van der Waals surface area contributed by atoms with Crippen molar-refractivity contribution in [1.82, 2.24) is 25.1 Å². The molecule has 2 fully saturated rings. The monoisotopic (exact) mass is 345 g/mol. The Morgan fingerprint density at radius 2 is 1.96 bits per heavy atom. The van der Waals surface area contributed by atoms with Crippen LogP contribution in [-0.4, -0.2) is 58.3 Å². The summed E-state index contributed by atoms with van der Waals surface area (Å²) in [5, 5.41) is 2.99. The van der Waals surface area contributed by atoms with Gasteiger partial charge in [0.15, 0.2) is 0 Å². The highest BCUT2D eigenvalue weighted by atomic mass is 16.2. The van der Waals surface area contributed by atoms with E-state index in [-0.39, 0.29) is 23.8 Å².